The van der Waals surface area contributed by atoms with Gasteiger partial charge in [-0.2, -0.15) is 0 Å². The maximum absolute atomic E-state index is 11.6. The molecule has 0 saturated heterocycles. The van der Waals surface area contributed by atoms with Crippen LogP contribution in [-0.4, -0.2) is 24.2 Å². The Morgan fingerprint density at radius 3 is 2.82 bits per heavy atom. The highest BCUT2D eigenvalue weighted by Crippen LogP contribution is 2.27. The molecule has 1 rings (SSSR count). The molecule has 0 saturated carbocycles. The maximum Gasteiger partial charge on any atom is 0.241 e. The fraction of sp³-hybridized carbons (Fsp3) is 0.417. The van der Waals surface area contributed by atoms with Gasteiger partial charge in [0.15, 0.2) is 0 Å². The van der Waals surface area contributed by atoms with Gasteiger partial charge in [-0.1, -0.05) is 13.3 Å². The van der Waals surface area contributed by atoms with E-state index in [9.17, 15) is 9.90 Å². The molecule has 0 spiro atoms. The van der Waals surface area contributed by atoms with Crippen LogP contribution in [0, 0.1) is 0 Å². The van der Waals surface area contributed by atoms with E-state index in [-0.39, 0.29) is 11.7 Å². The van der Waals surface area contributed by atoms with Gasteiger partial charge in [0.2, 0.25) is 5.91 Å². The monoisotopic (exact) mass is 238 g/mol. The van der Waals surface area contributed by atoms with Crippen LogP contribution in [0.4, 0.5) is 5.69 Å². The largest absolute Gasteiger partial charge is 0.506 e. The molecule has 0 aliphatic rings. The number of rotatable bonds is 5. The maximum atomic E-state index is 11.6. The van der Waals surface area contributed by atoms with Gasteiger partial charge in [0.1, 0.15) is 11.5 Å². The molecular weight excluding hydrogens is 220 g/mol. The minimum atomic E-state index is -0.554. The van der Waals surface area contributed by atoms with Gasteiger partial charge in [0.25, 0.3) is 0 Å². The second-order valence-corrected chi connectivity index (χ2v) is 3.77. The van der Waals surface area contributed by atoms with E-state index in [1.807, 2.05) is 6.92 Å². The molecule has 0 heterocycles. The van der Waals surface area contributed by atoms with Crippen molar-refractivity contribution in [3.8, 4) is 11.5 Å². The van der Waals surface area contributed by atoms with Crippen molar-refractivity contribution in [3.05, 3.63) is 18.2 Å². The number of nitrogens with two attached hydrogens (primary N) is 1. The highest BCUT2D eigenvalue weighted by Gasteiger charge is 2.14. The van der Waals surface area contributed by atoms with Crippen LogP contribution in [0.2, 0.25) is 0 Å². The molecule has 1 atom stereocenters. The van der Waals surface area contributed by atoms with Crippen molar-refractivity contribution in [1.29, 1.82) is 0 Å². The van der Waals surface area contributed by atoms with E-state index < -0.39 is 6.04 Å². The number of methoxy groups -OCH3 is 1. The van der Waals surface area contributed by atoms with E-state index in [2.05, 4.69) is 5.32 Å². The van der Waals surface area contributed by atoms with Crippen molar-refractivity contribution >= 4 is 11.6 Å². The molecule has 4 N–H and O–H groups in total. The zero-order valence-electron chi connectivity index (χ0n) is 10.1. The van der Waals surface area contributed by atoms with E-state index in [4.69, 9.17) is 10.5 Å². The van der Waals surface area contributed by atoms with Crippen molar-refractivity contribution in [3.63, 3.8) is 0 Å². The summed E-state index contributed by atoms with van der Waals surface area (Å²) in [5.74, 6) is 0.187. The van der Waals surface area contributed by atoms with E-state index in [1.165, 1.54) is 13.2 Å². The summed E-state index contributed by atoms with van der Waals surface area (Å²) in [4.78, 5) is 11.6. The molecule has 1 aromatic carbocycles. The van der Waals surface area contributed by atoms with Crippen LogP contribution in [0.15, 0.2) is 18.2 Å². The van der Waals surface area contributed by atoms with Crippen LogP contribution < -0.4 is 15.8 Å². The van der Waals surface area contributed by atoms with Crippen LogP contribution in [0.5, 0.6) is 11.5 Å². The second-order valence-electron chi connectivity index (χ2n) is 3.77. The summed E-state index contributed by atoms with van der Waals surface area (Å²) in [5.41, 5.74) is 6.00. The molecule has 0 radical (unpaired) electrons. The lowest BCUT2D eigenvalue weighted by atomic mass is 10.1. The van der Waals surface area contributed by atoms with Crippen molar-refractivity contribution in [2.24, 2.45) is 5.73 Å². The molecule has 5 nitrogen and oxygen atoms in total. The van der Waals surface area contributed by atoms with Gasteiger partial charge in [-0.05, 0) is 18.6 Å². The number of nitrogens with one attached hydrogen (secondary N) is 1. The second kappa shape index (κ2) is 6.10. The summed E-state index contributed by atoms with van der Waals surface area (Å²) in [6.45, 7) is 1.96. The third-order valence-corrected chi connectivity index (χ3v) is 2.40. The van der Waals surface area contributed by atoms with Crippen molar-refractivity contribution in [1.82, 2.24) is 0 Å². The Hall–Kier alpha value is -1.75. The Morgan fingerprint density at radius 1 is 1.59 bits per heavy atom. The van der Waals surface area contributed by atoms with E-state index in [0.717, 1.165) is 6.42 Å². The standard InChI is InChI=1S/C12H18N2O3/c1-3-4-9(13)12(16)14-10-6-5-8(17-2)7-11(10)15/h5-7,9,15H,3-4,13H2,1-2H3,(H,14,16). The van der Waals surface area contributed by atoms with Gasteiger partial charge in [0.05, 0.1) is 18.8 Å². The number of carbonyl (C=O) groups excluding carboxylic acids is 1. The summed E-state index contributed by atoms with van der Waals surface area (Å²) >= 11 is 0. The van der Waals surface area contributed by atoms with Gasteiger partial charge in [-0.25, -0.2) is 0 Å². The Balaban J connectivity index is 2.71. The van der Waals surface area contributed by atoms with Crippen LogP contribution in [0.1, 0.15) is 19.8 Å². The average molecular weight is 238 g/mol. The third kappa shape index (κ3) is 3.64. The SMILES string of the molecule is CCCC(N)C(=O)Nc1ccc(OC)cc1O. The number of amides is 1. The number of benzene rings is 1. The molecule has 17 heavy (non-hydrogen) atoms. The predicted octanol–water partition coefficient (Wildman–Crippen LogP) is 1.47. The molecule has 94 valence electrons. The van der Waals surface area contributed by atoms with Crippen LogP contribution in [0.25, 0.3) is 0 Å². The Morgan fingerprint density at radius 2 is 2.29 bits per heavy atom. The Kier molecular flexibility index (Phi) is 4.78. The minimum Gasteiger partial charge on any atom is -0.506 e. The predicted molar refractivity (Wildman–Crippen MR) is 66.2 cm³/mol. The smallest absolute Gasteiger partial charge is 0.241 e. The first-order chi connectivity index (χ1) is 8.08. The molecule has 0 aliphatic carbocycles. The number of ether oxygens (including phenoxy) is 1. The van der Waals surface area contributed by atoms with Crippen LogP contribution in [0.3, 0.4) is 0 Å². The summed E-state index contributed by atoms with van der Waals surface area (Å²) in [6.07, 6.45) is 1.45. The molecule has 5 heteroatoms. The van der Waals surface area contributed by atoms with Crippen LogP contribution in [-0.2, 0) is 4.79 Å². The van der Waals surface area contributed by atoms with E-state index in [0.29, 0.717) is 17.9 Å². The highest BCUT2D eigenvalue weighted by molar-refractivity contribution is 5.95. The van der Waals surface area contributed by atoms with Crippen molar-refractivity contribution < 1.29 is 14.6 Å². The molecular formula is C12H18N2O3. The van der Waals surface area contributed by atoms with Gasteiger partial charge < -0.3 is 20.9 Å². The topological polar surface area (TPSA) is 84.6 Å². The lowest BCUT2D eigenvalue weighted by Crippen LogP contribution is -2.35. The first-order valence-corrected chi connectivity index (χ1v) is 5.52. The molecule has 0 aromatic heterocycles. The fourth-order valence-corrected chi connectivity index (χ4v) is 1.41. The molecule has 0 fully saturated rings. The number of hydrogen-bond acceptors (Lipinski definition) is 4. The lowest BCUT2D eigenvalue weighted by molar-refractivity contribution is -0.117. The van der Waals surface area contributed by atoms with E-state index >= 15 is 0 Å². The summed E-state index contributed by atoms with van der Waals surface area (Å²) in [6, 6.07) is 4.10. The number of anilines is 1. The minimum absolute atomic E-state index is 0.0404. The van der Waals surface area contributed by atoms with Gasteiger partial charge in [-0.3, -0.25) is 4.79 Å². The highest BCUT2D eigenvalue weighted by atomic mass is 16.5. The first kappa shape index (κ1) is 13.3. The summed E-state index contributed by atoms with van der Waals surface area (Å²) < 4.78 is 4.94. The summed E-state index contributed by atoms with van der Waals surface area (Å²) in [7, 11) is 1.50. The zero-order chi connectivity index (χ0) is 12.8. The van der Waals surface area contributed by atoms with Crippen molar-refractivity contribution in [2.45, 2.75) is 25.8 Å². The molecule has 1 unspecified atom stereocenters. The Labute approximate surface area is 101 Å². The number of carbonyl (C=O) groups is 1. The van der Waals surface area contributed by atoms with Crippen LogP contribution >= 0.6 is 0 Å². The van der Waals surface area contributed by atoms with Crippen molar-refractivity contribution in [2.75, 3.05) is 12.4 Å². The van der Waals surface area contributed by atoms with Gasteiger partial charge in [-0.15, -0.1) is 0 Å². The number of phenolic OH excluding ortho intramolecular Hbond substituents is 1. The third-order valence-electron chi connectivity index (χ3n) is 2.40. The normalized spacial score (nSPS) is 11.9. The zero-order valence-corrected chi connectivity index (χ0v) is 10.1. The quantitative estimate of drug-likeness (QED) is 0.678. The molecule has 0 bridgehead atoms. The van der Waals surface area contributed by atoms with E-state index in [1.54, 1.807) is 12.1 Å². The molecule has 0 aliphatic heterocycles. The Bertz CT molecular complexity index is 393. The number of aromatic hydroxyl groups is 1. The first-order valence-electron chi connectivity index (χ1n) is 5.52. The van der Waals surface area contributed by atoms with Gasteiger partial charge in [0, 0.05) is 6.07 Å². The number of phenols is 1. The number of hydrogen-bond donors (Lipinski definition) is 3. The lowest BCUT2D eigenvalue weighted by Gasteiger charge is -2.12. The molecule has 1 aromatic rings. The van der Waals surface area contributed by atoms with Gasteiger partial charge >= 0.3 is 0 Å². The summed E-state index contributed by atoms with van der Waals surface area (Å²) in [5, 5.41) is 12.2. The molecule has 1 amide bonds. The fourth-order valence-electron chi connectivity index (χ4n) is 1.41. The average Bonchev–Trinajstić information content (AvgIpc) is 2.31.